The zero-order valence-electron chi connectivity index (χ0n) is 19.1. The Hall–Kier alpha value is -3.22. The maximum atomic E-state index is 6.68. The number of hydrogen-bond donors (Lipinski definition) is 0. The van der Waals surface area contributed by atoms with Crippen LogP contribution in [0.3, 0.4) is 0 Å². The Morgan fingerprint density at radius 1 is 0.758 bits per heavy atom. The molecule has 1 aliphatic rings. The highest BCUT2D eigenvalue weighted by atomic mass is 31.1. The van der Waals surface area contributed by atoms with E-state index in [2.05, 4.69) is 106 Å². The van der Waals surface area contributed by atoms with Crippen LogP contribution < -0.4 is 10.0 Å². The van der Waals surface area contributed by atoms with Crippen molar-refractivity contribution in [1.29, 1.82) is 0 Å². The molecule has 1 aromatic heterocycles. The second-order valence-electron chi connectivity index (χ2n) is 9.61. The first-order chi connectivity index (χ1) is 16.0. The van der Waals surface area contributed by atoms with E-state index < -0.39 is 7.92 Å². The van der Waals surface area contributed by atoms with E-state index in [9.17, 15) is 0 Å². The van der Waals surface area contributed by atoms with Gasteiger partial charge in [-0.3, -0.25) is 4.98 Å². The molecule has 33 heavy (non-hydrogen) atoms. The molecule has 2 atom stereocenters. The van der Waals surface area contributed by atoms with Crippen LogP contribution in [0.15, 0.2) is 97.2 Å². The van der Waals surface area contributed by atoms with Crippen LogP contribution in [0.25, 0.3) is 32.7 Å². The minimum absolute atomic E-state index is 0.0430. The second kappa shape index (κ2) is 7.68. The number of hydrogen-bond acceptors (Lipinski definition) is 2. The molecular weight excluding hydrogens is 421 g/mol. The molecule has 6 rings (SSSR count). The minimum atomic E-state index is -0.682. The summed E-state index contributed by atoms with van der Waals surface area (Å²) in [6.45, 7) is 7.02. The van der Waals surface area contributed by atoms with Crippen molar-refractivity contribution in [3.05, 3.63) is 103 Å². The predicted octanol–water partition coefficient (Wildman–Crippen LogP) is 8.05. The molecule has 0 saturated heterocycles. The number of nitrogens with zero attached hydrogens (tertiary/aromatic N) is 1. The van der Waals surface area contributed by atoms with Crippen molar-refractivity contribution in [1.82, 2.24) is 4.98 Å². The highest BCUT2D eigenvalue weighted by Crippen LogP contribution is 2.66. The van der Waals surface area contributed by atoms with E-state index in [1.54, 1.807) is 0 Å². The van der Waals surface area contributed by atoms with E-state index in [1.807, 2.05) is 12.3 Å². The lowest BCUT2D eigenvalue weighted by Gasteiger charge is -2.32. The van der Waals surface area contributed by atoms with Crippen LogP contribution in [0.5, 0.6) is 5.75 Å². The molecule has 3 heteroatoms. The summed E-state index contributed by atoms with van der Waals surface area (Å²) in [4.78, 5) is 4.70. The van der Waals surface area contributed by atoms with Gasteiger partial charge >= 0.3 is 0 Å². The zero-order chi connectivity index (χ0) is 22.6. The number of benzene rings is 4. The van der Waals surface area contributed by atoms with Crippen molar-refractivity contribution in [2.75, 3.05) is 0 Å². The lowest BCUT2D eigenvalue weighted by Crippen LogP contribution is -2.21. The number of pyridine rings is 1. The Labute approximate surface area is 196 Å². The normalized spacial score (nSPS) is 17.8. The summed E-state index contributed by atoms with van der Waals surface area (Å²) < 4.78 is 6.68. The van der Waals surface area contributed by atoms with Gasteiger partial charge in [0.15, 0.2) is 5.85 Å². The van der Waals surface area contributed by atoms with Gasteiger partial charge in [0, 0.05) is 11.5 Å². The van der Waals surface area contributed by atoms with Crippen LogP contribution in [0, 0.1) is 0 Å². The largest absolute Gasteiger partial charge is 0.479 e. The van der Waals surface area contributed by atoms with Crippen molar-refractivity contribution in [3.63, 3.8) is 0 Å². The molecule has 0 fully saturated rings. The third kappa shape index (κ3) is 3.33. The van der Waals surface area contributed by atoms with Gasteiger partial charge in [-0.25, -0.2) is 0 Å². The zero-order valence-corrected chi connectivity index (χ0v) is 20.0. The maximum absolute atomic E-state index is 6.68. The van der Waals surface area contributed by atoms with Crippen molar-refractivity contribution >= 4 is 34.8 Å². The van der Waals surface area contributed by atoms with Crippen LogP contribution in [-0.4, -0.2) is 10.1 Å². The Bertz CT molecular complexity index is 1430. The summed E-state index contributed by atoms with van der Waals surface area (Å²) in [6.07, 6.45) is 1.87. The number of ether oxygens (including phenoxy) is 1. The number of aromatic nitrogens is 1. The lowest BCUT2D eigenvalue weighted by atomic mass is 9.92. The van der Waals surface area contributed by atoms with Crippen molar-refractivity contribution in [3.8, 4) is 16.9 Å². The van der Waals surface area contributed by atoms with Gasteiger partial charge < -0.3 is 4.74 Å². The molecule has 1 unspecified atom stereocenters. The van der Waals surface area contributed by atoms with Gasteiger partial charge in [-0.2, -0.15) is 0 Å². The minimum Gasteiger partial charge on any atom is -0.479 e. The van der Waals surface area contributed by atoms with Gasteiger partial charge in [0.1, 0.15) is 5.75 Å². The first-order valence-corrected chi connectivity index (χ1v) is 12.8. The molecule has 0 radical (unpaired) electrons. The van der Waals surface area contributed by atoms with E-state index in [0.717, 1.165) is 11.4 Å². The second-order valence-corrected chi connectivity index (χ2v) is 12.6. The number of fused-ring (bicyclic) bond motifs is 3. The quantitative estimate of drug-likeness (QED) is 0.202. The fourth-order valence-corrected chi connectivity index (χ4v) is 8.12. The molecule has 4 aromatic carbocycles. The molecule has 2 heterocycles. The highest BCUT2D eigenvalue weighted by molar-refractivity contribution is 7.68. The lowest BCUT2D eigenvalue weighted by molar-refractivity contribution is 0.295. The smallest absolute Gasteiger partial charge is 0.163 e. The van der Waals surface area contributed by atoms with E-state index in [1.165, 1.54) is 38.0 Å². The molecule has 0 spiro atoms. The molecule has 0 amide bonds. The van der Waals surface area contributed by atoms with Crippen molar-refractivity contribution in [2.24, 2.45) is 0 Å². The average molecular weight is 448 g/mol. The summed E-state index contributed by atoms with van der Waals surface area (Å²) in [5, 5.41) is 6.52. The molecule has 1 aliphatic heterocycles. The summed E-state index contributed by atoms with van der Waals surface area (Å²) in [5.41, 5.74) is 3.62. The monoisotopic (exact) mass is 447 g/mol. The Kier molecular flexibility index (Phi) is 4.75. The van der Waals surface area contributed by atoms with Gasteiger partial charge in [-0.1, -0.05) is 87.5 Å². The van der Waals surface area contributed by atoms with Crippen LogP contribution >= 0.6 is 7.92 Å². The van der Waals surface area contributed by atoms with Crippen LogP contribution in [-0.2, 0) is 0 Å². The first kappa shape index (κ1) is 20.4. The van der Waals surface area contributed by atoms with Crippen LogP contribution in [0.1, 0.15) is 32.3 Å². The van der Waals surface area contributed by atoms with Gasteiger partial charge in [-0.05, 0) is 70.0 Å². The van der Waals surface area contributed by atoms with E-state index >= 15 is 0 Å². The Balaban J connectivity index is 1.68. The van der Waals surface area contributed by atoms with E-state index in [4.69, 9.17) is 9.72 Å². The molecule has 0 N–H and O–H groups in total. The van der Waals surface area contributed by atoms with Gasteiger partial charge in [0.2, 0.25) is 0 Å². The van der Waals surface area contributed by atoms with Gasteiger partial charge in [0.05, 0.1) is 5.69 Å². The highest BCUT2D eigenvalue weighted by Gasteiger charge is 2.44. The SMILES string of the molecule is CC(C)(C)P1c2c(cccc2-c2c3ccccc3cc3ccccc23)O[C@@H]1c1ccccn1. The summed E-state index contributed by atoms with van der Waals surface area (Å²) in [5.74, 6) is 0.958. The number of rotatable bonds is 2. The van der Waals surface area contributed by atoms with Gasteiger partial charge in [-0.15, -0.1) is 0 Å². The molecule has 0 aliphatic carbocycles. The summed E-state index contributed by atoms with van der Waals surface area (Å²) in [7, 11) is -0.682. The van der Waals surface area contributed by atoms with Crippen LogP contribution in [0.2, 0.25) is 0 Å². The third-order valence-corrected chi connectivity index (χ3v) is 9.64. The fraction of sp³-hybridized carbons (Fsp3) is 0.167. The fourth-order valence-electron chi connectivity index (χ4n) is 5.06. The standard InChI is InChI=1S/C30H26NOP/c1-30(2,3)33-28-24(15-10-17-26(28)32-29(33)25-16-8-9-18-31-25)27-22-13-6-4-11-20(22)19-21-12-5-7-14-23(21)27/h4-19,29H,1-3H3/t29-,33?/m0/s1. The van der Waals surface area contributed by atoms with Crippen LogP contribution in [0.4, 0.5) is 0 Å². The molecule has 0 saturated carbocycles. The molecule has 5 aromatic rings. The van der Waals surface area contributed by atoms with E-state index in [-0.39, 0.29) is 11.0 Å². The third-order valence-electron chi connectivity index (χ3n) is 6.42. The molecule has 162 valence electrons. The molecular formula is C30H26NOP. The molecule has 2 nitrogen and oxygen atoms in total. The summed E-state index contributed by atoms with van der Waals surface area (Å²) >= 11 is 0. The average Bonchev–Trinajstić information content (AvgIpc) is 3.24. The van der Waals surface area contributed by atoms with Crippen molar-refractivity contribution < 1.29 is 4.74 Å². The predicted molar refractivity (Wildman–Crippen MR) is 141 cm³/mol. The summed E-state index contributed by atoms with van der Waals surface area (Å²) in [6, 6.07) is 32.5. The Morgan fingerprint density at radius 3 is 2.06 bits per heavy atom. The maximum Gasteiger partial charge on any atom is 0.163 e. The topological polar surface area (TPSA) is 22.1 Å². The molecule has 0 bridgehead atoms. The van der Waals surface area contributed by atoms with Crippen molar-refractivity contribution in [2.45, 2.75) is 31.8 Å². The first-order valence-electron chi connectivity index (χ1n) is 11.4. The Morgan fingerprint density at radius 2 is 1.42 bits per heavy atom. The van der Waals surface area contributed by atoms with E-state index in [0.29, 0.717) is 0 Å². The van der Waals surface area contributed by atoms with Gasteiger partial charge in [0.25, 0.3) is 0 Å².